The van der Waals surface area contributed by atoms with Gasteiger partial charge in [0, 0.05) is 31.6 Å². The van der Waals surface area contributed by atoms with Crippen LogP contribution in [0.3, 0.4) is 0 Å². The molecule has 0 spiro atoms. The summed E-state index contributed by atoms with van der Waals surface area (Å²) in [5.74, 6) is 0.452. The van der Waals surface area contributed by atoms with Crippen molar-refractivity contribution in [1.29, 1.82) is 0 Å². The molecule has 0 saturated carbocycles. The quantitative estimate of drug-likeness (QED) is 0.523. The molecule has 0 aliphatic carbocycles. The van der Waals surface area contributed by atoms with Crippen LogP contribution in [-0.4, -0.2) is 38.3 Å². The highest BCUT2D eigenvalue weighted by Gasteiger charge is 2.15. The minimum absolute atomic E-state index is 0.224. The summed E-state index contributed by atoms with van der Waals surface area (Å²) in [6.07, 6.45) is 3.19. The summed E-state index contributed by atoms with van der Waals surface area (Å²) >= 11 is 0. The second-order valence-electron chi connectivity index (χ2n) is 6.78. The van der Waals surface area contributed by atoms with Crippen molar-refractivity contribution in [3.8, 4) is 0 Å². The summed E-state index contributed by atoms with van der Waals surface area (Å²) in [5, 5.41) is -0.312. The Balaban J connectivity index is 2.33. The van der Waals surface area contributed by atoms with Gasteiger partial charge in [-0.25, -0.2) is 8.42 Å². The van der Waals surface area contributed by atoms with E-state index in [2.05, 4.69) is 30.9 Å². The third kappa shape index (κ3) is 7.59. The monoisotopic (exact) mass is 367 g/mol. The minimum Gasteiger partial charge on any atom is -0.372 e. The zero-order chi connectivity index (χ0) is 18.9. The maximum atomic E-state index is 12.1. The molecule has 1 rings (SSSR count). The smallest absolute Gasteiger partial charge is 0.152 e. The molecule has 0 unspecified atom stereocenters. The van der Waals surface area contributed by atoms with Gasteiger partial charge in [-0.1, -0.05) is 18.6 Å². The normalized spacial score (nSPS) is 11.7. The van der Waals surface area contributed by atoms with Crippen LogP contribution in [0.4, 0.5) is 5.69 Å². The lowest BCUT2D eigenvalue weighted by molar-refractivity contribution is -0.118. The fourth-order valence-electron chi connectivity index (χ4n) is 2.77. The molecule has 25 heavy (non-hydrogen) atoms. The van der Waals surface area contributed by atoms with Crippen molar-refractivity contribution in [2.45, 2.75) is 65.0 Å². The Morgan fingerprint density at radius 1 is 1.00 bits per heavy atom. The molecule has 0 bridgehead atoms. The van der Waals surface area contributed by atoms with Crippen LogP contribution in [0.1, 0.15) is 58.9 Å². The Morgan fingerprint density at radius 3 is 2.12 bits per heavy atom. The molecule has 142 valence electrons. The van der Waals surface area contributed by atoms with Crippen molar-refractivity contribution in [2.24, 2.45) is 0 Å². The van der Waals surface area contributed by atoms with Crippen LogP contribution in [0.2, 0.25) is 0 Å². The number of benzene rings is 1. The van der Waals surface area contributed by atoms with Crippen molar-refractivity contribution < 1.29 is 13.2 Å². The van der Waals surface area contributed by atoms with Gasteiger partial charge in [0.15, 0.2) is 9.84 Å². The molecule has 0 saturated heterocycles. The molecular weight excluding hydrogens is 334 g/mol. The largest absolute Gasteiger partial charge is 0.372 e. The van der Waals surface area contributed by atoms with Gasteiger partial charge in [-0.05, 0) is 58.2 Å². The Morgan fingerprint density at radius 2 is 1.60 bits per heavy atom. The van der Waals surface area contributed by atoms with Gasteiger partial charge in [-0.15, -0.1) is 0 Å². The van der Waals surface area contributed by atoms with Gasteiger partial charge < -0.3 is 4.90 Å². The predicted molar refractivity (Wildman–Crippen MR) is 106 cm³/mol. The topological polar surface area (TPSA) is 54.5 Å². The van der Waals surface area contributed by atoms with E-state index in [0.29, 0.717) is 19.3 Å². The van der Waals surface area contributed by atoms with E-state index in [1.54, 1.807) is 13.8 Å². The first kappa shape index (κ1) is 21.7. The Bertz CT molecular complexity index is 617. The van der Waals surface area contributed by atoms with E-state index in [0.717, 1.165) is 31.5 Å². The standard InChI is InChI=1S/C20H33NO3S/c1-5-21(6-2)19-13-11-18(12-14-19)16-20(22)10-8-7-9-15-25(23,24)17(3)4/h11-14,17H,5-10,15-16H2,1-4H3. The zero-order valence-electron chi connectivity index (χ0n) is 16.1. The van der Waals surface area contributed by atoms with Crippen LogP contribution in [0.25, 0.3) is 0 Å². The summed E-state index contributed by atoms with van der Waals surface area (Å²) in [6.45, 7) is 9.64. The van der Waals surface area contributed by atoms with Crippen LogP contribution >= 0.6 is 0 Å². The van der Waals surface area contributed by atoms with Crippen LogP contribution in [-0.2, 0) is 21.1 Å². The van der Waals surface area contributed by atoms with E-state index in [1.807, 2.05) is 12.1 Å². The van der Waals surface area contributed by atoms with Crippen LogP contribution in [0, 0.1) is 0 Å². The molecule has 1 aromatic carbocycles. The number of hydrogen-bond donors (Lipinski definition) is 0. The third-order valence-electron chi connectivity index (χ3n) is 4.57. The number of hydrogen-bond acceptors (Lipinski definition) is 4. The van der Waals surface area contributed by atoms with Crippen molar-refractivity contribution in [3.63, 3.8) is 0 Å². The minimum atomic E-state index is -2.95. The lowest BCUT2D eigenvalue weighted by Gasteiger charge is -2.21. The Kier molecular flexibility index (Phi) is 9.19. The summed E-state index contributed by atoms with van der Waals surface area (Å²) < 4.78 is 23.4. The van der Waals surface area contributed by atoms with Crippen LogP contribution < -0.4 is 4.90 Å². The van der Waals surface area contributed by atoms with E-state index >= 15 is 0 Å². The van der Waals surface area contributed by atoms with Crippen molar-refractivity contribution in [2.75, 3.05) is 23.7 Å². The number of unbranched alkanes of at least 4 members (excludes halogenated alkanes) is 2. The maximum absolute atomic E-state index is 12.1. The number of ketones is 1. The number of carbonyl (C=O) groups excluding carboxylic acids is 1. The summed E-state index contributed by atoms with van der Waals surface area (Å²) in [4.78, 5) is 14.4. The van der Waals surface area contributed by atoms with Crippen molar-refractivity contribution >= 4 is 21.3 Å². The number of anilines is 1. The van der Waals surface area contributed by atoms with E-state index < -0.39 is 9.84 Å². The molecule has 0 aliphatic heterocycles. The number of sulfone groups is 1. The average Bonchev–Trinajstić information content (AvgIpc) is 2.57. The zero-order valence-corrected chi connectivity index (χ0v) is 16.9. The Labute approximate surface area is 153 Å². The van der Waals surface area contributed by atoms with Gasteiger partial charge in [0.25, 0.3) is 0 Å². The fourth-order valence-corrected chi connectivity index (χ4v) is 3.85. The molecule has 5 heteroatoms. The van der Waals surface area contributed by atoms with Gasteiger partial charge in [0.2, 0.25) is 0 Å². The summed E-state index contributed by atoms with van der Waals surface area (Å²) in [5.41, 5.74) is 2.23. The highest BCUT2D eigenvalue weighted by Crippen LogP contribution is 2.16. The molecule has 4 nitrogen and oxygen atoms in total. The maximum Gasteiger partial charge on any atom is 0.152 e. The Hall–Kier alpha value is -1.36. The number of carbonyl (C=O) groups is 1. The highest BCUT2D eigenvalue weighted by molar-refractivity contribution is 7.91. The lowest BCUT2D eigenvalue weighted by atomic mass is 10.0. The molecule has 0 heterocycles. The van der Waals surface area contributed by atoms with E-state index in [1.165, 1.54) is 5.69 Å². The first-order valence-corrected chi connectivity index (χ1v) is 11.1. The van der Waals surface area contributed by atoms with Crippen molar-refractivity contribution in [3.05, 3.63) is 29.8 Å². The number of rotatable bonds is 12. The van der Waals surface area contributed by atoms with Crippen molar-refractivity contribution in [1.82, 2.24) is 0 Å². The second-order valence-corrected chi connectivity index (χ2v) is 9.46. The molecule has 0 aromatic heterocycles. The fraction of sp³-hybridized carbons (Fsp3) is 0.650. The summed E-state index contributed by atoms with van der Waals surface area (Å²) in [7, 11) is -2.95. The van der Waals surface area contributed by atoms with Gasteiger partial charge in [-0.2, -0.15) is 0 Å². The van der Waals surface area contributed by atoms with Crippen LogP contribution in [0.15, 0.2) is 24.3 Å². The first-order valence-electron chi connectivity index (χ1n) is 9.37. The molecule has 0 amide bonds. The lowest BCUT2D eigenvalue weighted by Crippen LogP contribution is -2.21. The van der Waals surface area contributed by atoms with E-state index in [-0.39, 0.29) is 16.8 Å². The molecule has 0 aliphatic rings. The highest BCUT2D eigenvalue weighted by atomic mass is 32.2. The number of Topliss-reactive ketones (excluding diaryl/α,β-unsaturated/α-hetero) is 1. The SMILES string of the molecule is CCN(CC)c1ccc(CC(=O)CCCCCS(=O)(=O)C(C)C)cc1. The predicted octanol–water partition coefficient (Wildman–Crippen LogP) is 4.03. The number of nitrogens with zero attached hydrogens (tertiary/aromatic N) is 1. The van der Waals surface area contributed by atoms with E-state index in [4.69, 9.17) is 0 Å². The molecular formula is C20H33NO3S. The first-order chi connectivity index (χ1) is 11.8. The van der Waals surface area contributed by atoms with E-state index in [9.17, 15) is 13.2 Å². The molecule has 0 radical (unpaired) electrons. The molecule has 1 aromatic rings. The van der Waals surface area contributed by atoms with Crippen LogP contribution in [0.5, 0.6) is 0 Å². The third-order valence-corrected chi connectivity index (χ3v) is 6.86. The second kappa shape index (κ2) is 10.6. The van der Waals surface area contributed by atoms with Gasteiger partial charge in [0.05, 0.1) is 11.0 Å². The van der Waals surface area contributed by atoms with Gasteiger partial charge >= 0.3 is 0 Å². The van der Waals surface area contributed by atoms with Gasteiger partial charge in [0.1, 0.15) is 5.78 Å². The average molecular weight is 368 g/mol. The molecule has 0 N–H and O–H groups in total. The van der Waals surface area contributed by atoms with Gasteiger partial charge in [-0.3, -0.25) is 4.79 Å². The molecule has 0 atom stereocenters. The summed E-state index contributed by atoms with van der Waals surface area (Å²) in [6, 6.07) is 8.21. The molecule has 0 fully saturated rings.